The summed E-state index contributed by atoms with van der Waals surface area (Å²) in [6, 6.07) is 8.16. The predicted octanol–water partition coefficient (Wildman–Crippen LogP) is 2.65. The number of hydrogen-bond donors (Lipinski definition) is 0. The van der Waals surface area contributed by atoms with Crippen LogP contribution in [0.25, 0.3) is 0 Å². The molecule has 1 aromatic carbocycles. The van der Waals surface area contributed by atoms with Crippen molar-refractivity contribution in [3.63, 3.8) is 0 Å². The van der Waals surface area contributed by atoms with Gasteiger partial charge in [0, 0.05) is 10.6 Å². The zero-order valence-corrected chi connectivity index (χ0v) is 9.26. The molecule has 0 radical (unpaired) electrons. The first kappa shape index (κ1) is 11.1. The summed E-state index contributed by atoms with van der Waals surface area (Å²) in [7, 11) is 1.42. The molecule has 0 aliphatic carbocycles. The van der Waals surface area contributed by atoms with Crippen molar-refractivity contribution in [1.82, 2.24) is 0 Å². The monoisotopic (exact) mass is 210 g/mol. The van der Waals surface area contributed by atoms with Crippen LogP contribution in [0.4, 0.5) is 0 Å². The van der Waals surface area contributed by atoms with Crippen LogP contribution in [0.3, 0.4) is 0 Å². The summed E-state index contributed by atoms with van der Waals surface area (Å²) in [5, 5.41) is 0. The summed E-state index contributed by atoms with van der Waals surface area (Å²) < 4.78 is 4.57. The third kappa shape index (κ3) is 3.42. The number of thioether (sulfide) groups is 1. The largest absolute Gasteiger partial charge is 0.469 e. The standard InChI is InChI=1S/C11H14O2S/c1-9-5-3-4-6-10(9)14-8-7-11(12)13-2/h3-6H,7-8H2,1-2H3. The third-order valence-corrected chi connectivity index (χ3v) is 3.06. The molecule has 0 saturated heterocycles. The van der Waals surface area contributed by atoms with Crippen molar-refractivity contribution in [2.75, 3.05) is 12.9 Å². The molecule has 0 bridgehead atoms. The van der Waals surface area contributed by atoms with Gasteiger partial charge in [0.15, 0.2) is 0 Å². The molecule has 0 heterocycles. The van der Waals surface area contributed by atoms with Gasteiger partial charge in [0.2, 0.25) is 0 Å². The first-order chi connectivity index (χ1) is 6.74. The molecule has 0 unspecified atom stereocenters. The minimum Gasteiger partial charge on any atom is -0.469 e. The maximum atomic E-state index is 10.9. The fourth-order valence-electron chi connectivity index (χ4n) is 1.06. The Kier molecular flexibility index (Phi) is 4.53. The second-order valence-corrected chi connectivity index (χ2v) is 4.08. The highest BCUT2D eigenvalue weighted by Crippen LogP contribution is 2.22. The molecule has 1 aromatic rings. The van der Waals surface area contributed by atoms with Crippen molar-refractivity contribution in [2.45, 2.75) is 18.2 Å². The Bertz CT molecular complexity index is 310. The van der Waals surface area contributed by atoms with Crippen LogP contribution in [-0.4, -0.2) is 18.8 Å². The van der Waals surface area contributed by atoms with Gasteiger partial charge < -0.3 is 4.74 Å². The zero-order valence-electron chi connectivity index (χ0n) is 8.45. The van der Waals surface area contributed by atoms with Gasteiger partial charge in [-0.1, -0.05) is 18.2 Å². The molecule has 0 amide bonds. The molecule has 1 rings (SSSR count). The number of rotatable bonds is 4. The van der Waals surface area contributed by atoms with Gasteiger partial charge in [-0.3, -0.25) is 4.79 Å². The van der Waals surface area contributed by atoms with E-state index >= 15 is 0 Å². The van der Waals surface area contributed by atoms with Crippen LogP contribution in [0.2, 0.25) is 0 Å². The van der Waals surface area contributed by atoms with Crippen molar-refractivity contribution in [3.8, 4) is 0 Å². The summed E-state index contributed by atoms with van der Waals surface area (Å²) in [6.45, 7) is 2.07. The maximum Gasteiger partial charge on any atom is 0.306 e. The van der Waals surface area contributed by atoms with Gasteiger partial charge in [-0.15, -0.1) is 11.8 Å². The van der Waals surface area contributed by atoms with Crippen molar-refractivity contribution in [1.29, 1.82) is 0 Å². The smallest absolute Gasteiger partial charge is 0.306 e. The lowest BCUT2D eigenvalue weighted by molar-refractivity contribution is -0.140. The Morgan fingerprint density at radius 2 is 2.14 bits per heavy atom. The Balaban J connectivity index is 2.39. The number of hydrogen-bond acceptors (Lipinski definition) is 3. The number of carbonyl (C=O) groups is 1. The lowest BCUT2D eigenvalue weighted by Crippen LogP contribution is -2.01. The Morgan fingerprint density at radius 1 is 1.43 bits per heavy atom. The van der Waals surface area contributed by atoms with Crippen LogP contribution in [0.15, 0.2) is 29.2 Å². The van der Waals surface area contributed by atoms with E-state index in [0.717, 1.165) is 5.75 Å². The van der Waals surface area contributed by atoms with E-state index < -0.39 is 0 Å². The van der Waals surface area contributed by atoms with Gasteiger partial charge in [0.05, 0.1) is 13.5 Å². The number of esters is 1. The first-order valence-electron chi connectivity index (χ1n) is 4.49. The van der Waals surface area contributed by atoms with E-state index in [-0.39, 0.29) is 5.97 Å². The molecule has 2 nitrogen and oxygen atoms in total. The lowest BCUT2D eigenvalue weighted by Gasteiger charge is -2.03. The average molecular weight is 210 g/mol. The fourth-order valence-corrected chi connectivity index (χ4v) is 2.02. The highest BCUT2D eigenvalue weighted by molar-refractivity contribution is 7.99. The summed E-state index contributed by atoms with van der Waals surface area (Å²) in [4.78, 5) is 12.1. The maximum absolute atomic E-state index is 10.9. The molecule has 0 atom stereocenters. The van der Waals surface area contributed by atoms with Crippen molar-refractivity contribution < 1.29 is 9.53 Å². The molecule has 0 saturated carbocycles. The highest BCUT2D eigenvalue weighted by atomic mass is 32.2. The number of aryl methyl sites for hydroxylation is 1. The van der Waals surface area contributed by atoms with Crippen LogP contribution in [0.5, 0.6) is 0 Å². The van der Waals surface area contributed by atoms with E-state index in [0.29, 0.717) is 6.42 Å². The van der Waals surface area contributed by atoms with E-state index in [9.17, 15) is 4.79 Å². The quantitative estimate of drug-likeness (QED) is 0.564. The normalized spacial score (nSPS) is 9.86. The van der Waals surface area contributed by atoms with Gasteiger partial charge in [-0.25, -0.2) is 0 Å². The molecule has 14 heavy (non-hydrogen) atoms. The number of carbonyl (C=O) groups excluding carboxylic acids is 1. The van der Waals surface area contributed by atoms with Crippen LogP contribution in [0.1, 0.15) is 12.0 Å². The van der Waals surface area contributed by atoms with Crippen LogP contribution in [0, 0.1) is 6.92 Å². The molecule has 0 fully saturated rings. The zero-order chi connectivity index (χ0) is 10.4. The number of ether oxygens (including phenoxy) is 1. The first-order valence-corrected chi connectivity index (χ1v) is 5.48. The predicted molar refractivity (Wildman–Crippen MR) is 58.5 cm³/mol. The average Bonchev–Trinajstić information content (AvgIpc) is 2.20. The topological polar surface area (TPSA) is 26.3 Å². The van der Waals surface area contributed by atoms with Gasteiger partial charge >= 0.3 is 5.97 Å². The third-order valence-electron chi connectivity index (χ3n) is 1.89. The Hall–Kier alpha value is -0.960. The molecule has 0 spiro atoms. The molecule has 0 aliphatic rings. The molecular weight excluding hydrogens is 196 g/mol. The van der Waals surface area contributed by atoms with Crippen LogP contribution in [-0.2, 0) is 9.53 Å². The van der Waals surface area contributed by atoms with Gasteiger partial charge in [0.25, 0.3) is 0 Å². The molecular formula is C11H14O2S. The summed E-state index contributed by atoms with van der Waals surface area (Å²) in [5.41, 5.74) is 1.25. The molecule has 76 valence electrons. The summed E-state index contributed by atoms with van der Waals surface area (Å²) in [6.07, 6.45) is 0.468. The number of methoxy groups -OCH3 is 1. The number of benzene rings is 1. The molecule has 0 N–H and O–H groups in total. The van der Waals surface area contributed by atoms with Gasteiger partial charge in [0.1, 0.15) is 0 Å². The SMILES string of the molecule is COC(=O)CCSc1ccccc1C. The molecule has 3 heteroatoms. The van der Waals surface area contributed by atoms with E-state index in [1.54, 1.807) is 11.8 Å². The minimum absolute atomic E-state index is 0.147. The second-order valence-electron chi connectivity index (χ2n) is 2.94. The lowest BCUT2D eigenvalue weighted by atomic mass is 10.2. The second kappa shape index (κ2) is 5.70. The molecule has 0 aromatic heterocycles. The van der Waals surface area contributed by atoms with E-state index in [2.05, 4.69) is 23.8 Å². The van der Waals surface area contributed by atoms with Crippen molar-refractivity contribution in [2.24, 2.45) is 0 Å². The van der Waals surface area contributed by atoms with E-state index in [1.165, 1.54) is 17.6 Å². The van der Waals surface area contributed by atoms with E-state index in [1.807, 2.05) is 12.1 Å². The highest BCUT2D eigenvalue weighted by Gasteiger charge is 2.02. The van der Waals surface area contributed by atoms with E-state index in [4.69, 9.17) is 0 Å². The summed E-state index contributed by atoms with van der Waals surface area (Å²) >= 11 is 1.69. The van der Waals surface area contributed by atoms with Crippen molar-refractivity contribution in [3.05, 3.63) is 29.8 Å². The van der Waals surface area contributed by atoms with Gasteiger partial charge in [-0.05, 0) is 18.6 Å². The van der Waals surface area contributed by atoms with Crippen LogP contribution >= 0.6 is 11.8 Å². The minimum atomic E-state index is -0.147. The van der Waals surface area contributed by atoms with Crippen molar-refractivity contribution >= 4 is 17.7 Å². The van der Waals surface area contributed by atoms with Crippen LogP contribution < -0.4 is 0 Å². The Labute approximate surface area is 88.7 Å². The summed E-state index contributed by atoms with van der Waals surface area (Å²) in [5.74, 6) is 0.628. The molecule has 0 aliphatic heterocycles. The Morgan fingerprint density at radius 3 is 2.79 bits per heavy atom. The fraction of sp³-hybridized carbons (Fsp3) is 0.364. The van der Waals surface area contributed by atoms with Gasteiger partial charge in [-0.2, -0.15) is 0 Å².